The molecule has 0 amide bonds. The van der Waals surface area contributed by atoms with E-state index >= 15 is 0 Å². The van der Waals surface area contributed by atoms with Crippen LogP contribution < -0.4 is 0 Å². The molecule has 1 fully saturated rings. The van der Waals surface area contributed by atoms with Crippen LogP contribution in [0.5, 0.6) is 5.75 Å². The van der Waals surface area contributed by atoms with Crippen LogP contribution in [0.2, 0.25) is 0 Å². The normalized spacial score (nSPS) is 26.6. The summed E-state index contributed by atoms with van der Waals surface area (Å²) in [5, 5.41) is 19.2. The van der Waals surface area contributed by atoms with Crippen LogP contribution >= 0.6 is 11.8 Å². The molecule has 3 heteroatoms. The molecule has 1 saturated carbocycles. The Hall–Kier alpha value is -0.670. The molecule has 2 nitrogen and oxygen atoms in total. The number of phenolic OH excluding ortho intramolecular Hbond substituents is 1. The number of aromatic hydroxyl groups is 1. The highest BCUT2D eigenvalue weighted by molar-refractivity contribution is 8.00. The average molecular weight is 210 g/mol. The minimum Gasteiger partial charge on any atom is -0.508 e. The third-order valence-electron chi connectivity index (χ3n) is 2.52. The molecule has 1 aliphatic rings. The van der Waals surface area contributed by atoms with Crippen LogP contribution in [0, 0.1) is 0 Å². The number of hydrogen-bond acceptors (Lipinski definition) is 3. The van der Waals surface area contributed by atoms with E-state index in [1.54, 1.807) is 23.9 Å². The third-order valence-corrected chi connectivity index (χ3v) is 3.90. The smallest absolute Gasteiger partial charge is 0.116 e. The molecule has 1 aromatic rings. The maximum absolute atomic E-state index is 9.64. The van der Waals surface area contributed by atoms with Gasteiger partial charge in [0.05, 0.1) is 6.10 Å². The number of benzene rings is 1. The summed E-state index contributed by atoms with van der Waals surface area (Å²) in [5.41, 5.74) is 0. The van der Waals surface area contributed by atoms with Crippen molar-refractivity contribution in [3.63, 3.8) is 0 Å². The van der Waals surface area contributed by atoms with Crippen molar-refractivity contribution in [2.75, 3.05) is 0 Å². The number of phenols is 1. The molecule has 14 heavy (non-hydrogen) atoms. The first kappa shape index (κ1) is 9.87. The Bertz CT molecular complexity index is 314. The zero-order chi connectivity index (χ0) is 9.97. The zero-order valence-electron chi connectivity index (χ0n) is 7.89. The lowest BCUT2D eigenvalue weighted by Crippen LogP contribution is -2.14. The molecule has 2 atom stereocenters. The summed E-state index contributed by atoms with van der Waals surface area (Å²) in [4.78, 5) is 1.04. The summed E-state index contributed by atoms with van der Waals surface area (Å²) in [6.45, 7) is 0. The number of thioether (sulfide) groups is 1. The van der Waals surface area contributed by atoms with Crippen molar-refractivity contribution < 1.29 is 10.2 Å². The molecule has 0 aliphatic heterocycles. The van der Waals surface area contributed by atoms with E-state index in [0.29, 0.717) is 11.0 Å². The Balaban J connectivity index is 2.03. The second-order valence-electron chi connectivity index (χ2n) is 3.65. The van der Waals surface area contributed by atoms with E-state index in [1.165, 1.54) is 0 Å². The first-order valence-electron chi connectivity index (χ1n) is 4.89. The van der Waals surface area contributed by atoms with Gasteiger partial charge in [0.2, 0.25) is 0 Å². The second kappa shape index (κ2) is 4.24. The molecule has 0 aromatic heterocycles. The predicted octanol–water partition coefficient (Wildman–Crippen LogP) is 2.40. The third kappa shape index (κ3) is 2.22. The molecule has 0 saturated heterocycles. The zero-order valence-corrected chi connectivity index (χ0v) is 8.70. The van der Waals surface area contributed by atoms with Gasteiger partial charge in [-0.3, -0.25) is 0 Å². The molecule has 1 aliphatic carbocycles. The maximum Gasteiger partial charge on any atom is 0.116 e. The summed E-state index contributed by atoms with van der Waals surface area (Å²) < 4.78 is 0. The van der Waals surface area contributed by atoms with Crippen LogP contribution in [0.1, 0.15) is 19.3 Å². The van der Waals surface area contributed by atoms with Gasteiger partial charge in [-0.25, -0.2) is 0 Å². The van der Waals surface area contributed by atoms with Crippen molar-refractivity contribution in [2.45, 2.75) is 35.5 Å². The van der Waals surface area contributed by atoms with Gasteiger partial charge in [0.25, 0.3) is 0 Å². The van der Waals surface area contributed by atoms with Crippen LogP contribution in [-0.2, 0) is 0 Å². The molecule has 0 radical (unpaired) electrons. The average Bonchev–Trinajstić information content (AvgIpc) is 2.52. The van der Waals surface area contributed by atoms with Gasteiger partial charge in [0.1, 0.15) is 5.75 Å². The summed E-state index contributed by atoms with van der Waals surface area (Å²) in [5.74, 6) is 0.294. The molecule has 0 spiro atoms. The molecule has 0 bridgehead atoms. The predicted molar refractivity (Wildman–Crippen MR) is 57.6 cm³/mol. The van der Waals surface area contributed by atoms with Crippen molar-refractivity contribution in [1.82, 2.24) is 0 Å². The van der Waals surface area contributed by atoms with Gasteiger partial charge in [-0.05, 0) is 37.5 Å². The standard InChI is InChI=1S/C11H14O2S/c12-8-3-1-4-9(7-8)14-11-6-2-5-10(11)13/h1,3-4,7,10-13H,2,5-6H2/t10-,11-/m0/s1. The van der Waals surface area contributed by atoms with E-state index in [9.17, 15) is 10.2 Å². The Morgan fingerprint density at radius 1 is 1.29 bits per heavy atom. The molecule has 1 aromatic carbocycles. The van der Waals surface area contributed by atoms with Crippen LogP contribution in [0.25, 0.3) is 0 Å². The Morgan fingerprint density at radius 3 is 2.79 bits per heavy atom. The first-order valence-corrected chi connectivity index (χ1v) is 5.77. The van der Waals surface area contributed by atoms with Gasteiger partial charge >= 0.3 is 0 Å². The highest BCUT2D eigenvalue weighted by Crippen LogP contribution is 2.35. The van der Waals surface area contributed by atoms with E-state index in [0.717, 1.165) is 24.2 Å². The number of hydrogen-bond donors (Lipinski definition) is 2. The second-order valence-corrected chi connectivity index (χ2v) is 4.96. The molecule has 2 N–H and O–H groups in total. The van der Waals surface area contributed by atoms with E-state index in [-0.39, 0.29) is 6.10 Å². The number of aliphatic hydroxyl groups is 1. The van der Waals surface area contributed by atoms with E-state index in [1.807, 2.05) is 12.1 Å². The van der Waals surface area contributed by atoms with Crippen molar-refractivity contribution in [3.8, 4) is 5.75 Å². The largest absolute Gasteiger partial charge is 0.508 e. The van der Waals surface area contributed by atoms with Gasteiger partial charge in [0, 0.05) is 10.1 Å². The highest BCUT2D eigenvalue weighted by Gasteiger charge is 2.25. The molecule has 2 rings (SSSR count). The maximum atomic E-state index is 9.64. The molecule has 76 valence electrons. The quantitative estimate of drug-likeness (QED) is 0.787. The fraction of sp³-hybridized carbons (Fsp3) is 0.455. The van der Waals surface area contributed by atoms with Crippen LogP contribution in [0.4, 0.5) is 0 Å². The van der Waals surface area contributed by atoms with Crippen molar-refractivity contribution in [2.24, 2.45) is 0 Å². The first-order chi connectivity index (χ1) is 6.75. The topological polar surface area (TPSA) is 40.5 Å². The minimum absolute atomic E-state index is 0.178. The Labute approximate surface area is 88.0 Å². The van der Waals surface area contributed by atoms with Gasteiger partial charge in [-0.1, -0.05) is 6.07 Å². The van der Waals surface area contributed by atoms with Crippen molar-refractivity contribution >= 4 is 11.8 Å². The molecule has 0 unspecified atom stereocenters. The van der Waals surface area contributed by atoms with Gasteiger partial charge in [0.15, 0.2) is 0 Å². The highest BCUT2D eigenvalue weighted by atomic mass is 32.2. The molecular formula is C11H14O2S. The lowest BCUT2D eigenvalue weighted by molar-refractivity contribution is 0.188. The lowest BCUT2D eigenvalue weighted by Gasteiger charge is -2.13. The Morgan fingerprint density at radius 2 is 2.14 bits per heavy atom. The van der Waals surface area contributed by atoms with E-state index in [2.05, 4.69) is 0 Å². The van der Waals surface area contributed by atoms with E-state index in [4.69, 9.17) is 0 Å². The lowest BCUT2D eigenvalue weighted by atomic mass is 10.3. The van der Waals surface area contributed by atoms with Crippen LogP contribution in [0.3, 0.4) is 0 Å². The fourth-order valence-corrected chi connectivity index (χ4v) is 3.05. The number of aliphatic hydroxyl groups excluding tert-OH is 1. The summed E-state index contributed by atoms with van der Waals surface area (Å²) in [7, 11) is 0. The summed E-state index contributed by atoms with van der Waals surface area (Å²) >= 11 is 1.66. The van der Waals surface area contributed by atoms with Crippen LogP contribution in [0.15, 0.2) is 29.2 Å². The monoisotopic (exact) mass is 210 g/mol. The summed E-state index contributed by atoms with van der Waals surface area (Å²) in [6, 6.07) is 7.21. The molecule has 0 heterocycles. The Kier molecular flexibility index (Phi) is 2.99. The van der Waals surface area contributed by atoms with Gasteiger partial charge in [-0.2, -0.15) is 0 Å². The van der Waals surface area contributed by atoms with E-state index < -0.39 is 0 Å². The van der Waals surface area contributed by atoms with Gasteiger partial charge < -0.3 is 10.2 Å². The minimum atomic E-state index is -0.178. The van der Waals surface area contributed by atoms with Crippen molar-refractivity contribution in [3.05, 3.63) is 24.3 Å². The fourth-order valence-electron chi connectivity index (χ4n) is 1.78. The SMILES string of the molecule is Oc1cccc(S[C@H]2CCC[C@@H]2O)c1. The molecular weight excluding hydrogens is 196 g/mol. The summed E-state index contributed by atoms with van der Waals surface area (Å²) in [6.07, 6.45) is 2.91. The van der Waals surface area contributed by atoms with Crippen molar-refractivity contribution in [1.29, 1.82) is 0 Å². The van der Waals surface area contributed by atoms with Gasteiger partial charge in [-0.15, -0.1) is 11.8 Å². The number of rotatable bonds is 2. The van der Waals surface area contributed by atoms with Crippen LogP contribution in [-0.4, -0.2) is 21.6 Å².